The topological polar surface area (TPSA) is 65.2 Å². The second kappa shape index (κ2) is 5.00. The highest BCUT2D eigenvalue weighted by molar-refractivity contribution is 5.76. The Bertz CT molecular complexity index is 556. The van der Waals surface area contributed by atoms with E-state index in [-0.39, 0.29) is 0 Å². The van der Waals surface area contributed by atoms with E-state index in [0.717, 1.165) is 22.7 Å². The van der Waals surface area contributed by atoms with Gasteiger partial charge in [0.15, 0.2) is 6.29 Å². The monoisotopic (exact) mass is 246 g/mol. The number of aryl methyl sites for hydroxylation is 3. The zero-order valence-corrected chi connectivity index (χ0v) is 10.6. The van der Waals surface area contributed by atoms with Gasteiger partial charge in [0, 0.05) is 5.69 Å². The second-order valence-corrected chi connectivity index (χ2v) is 4.05. The van der Waals surface area contributed by atoms with Gasteiger partial charge in [0.05, 0.1) is 11.3 Å². The van der Waals surface area contributed by atoms with Crippen molar-refractivity contribution in [3.8, 4) is 5.75 Å². The van der Waals surface area contributed by atoms with Crippen molar-refractivity contribution >= 4 is 6.29 Å². The summed E-state index contributed by atoms with van der Waals surface area (Å²) in [6.45, 7) is 5.81. The minimum Gasteiger partial charge on any atom is -0.486 e. The van der Waals surface area contributed by atoms with Crippen LogP contribution in [0.4, 0.5) is 0 Å². The molecule has 0 saturated heterocycles. The number of nitrogens with zero attached hydrogens (tertiary/aromatic N) is 2. The van der Waals surface area contributed by atoms with Crippen LogP contribution < -0.4 is 4.74 Å². The fraction of sp³-hybridized carbons (Fsp3) is 0.308. The van der Waals surface area contributed by atoms with Crippen molar-refractivity contribution < 1.29 is 14.1 Å². The van der Waals surface area contributed by atoms with E-state index in [1.807, 2.05) is 20.8 Å². The maximum atomic E-state index is 10.9. The molecule has 0 aliphatic heterocycles. The largest absolute Gasteiger partial charge is 0.486 e. The van der Waals surface area contributed by atoms with Gasteiger partial charge in [-0.1, -0.05) is 5.16 Å². The standard InChI is InChI=1S/C13H14N2O3/c1-8-4-5-13(12(6-16)14-8)17-7-11-9(2)15-18-10(11)3/h4-6H,7H2,1-3H3. The zero-order chi connectivity index (χ0) is 13.1. The Morgan fingerprint density at radius 3 is 2.72 bits per heavy atom. The maximum Gasteiger partial charge on any atom is 0.172 e. The Balaban J connectivity index is 2.18. The Morgan fingerprint density at radius 1 is 1.33 bits per heavy atom. The molecule has 0 spiro atoms. The molecule has 0 bridgehead atoms. The van der Waals surface area contributed by atoms with Crippen LogP contribution in [0.1, 0.15) is 33.2 Å². The maximum absolute atomic E-state index is 10.9. The molecule has 2 aromatic rings. The Morgan fingerprint density at radius 2 is 2.11 bits per heavy atom. The van der Waals surface area contributed by atoms with Crippen LogP contribution in [0, 0.1) is 20.8 Å². The first-order valence-corrected chi connectivity index (χ1v) is 5.59. The first kappa shape index (κ1) is 12.3. The summed E-state index contributed by atoms with van der Waals surface area (Å²) in [6.07, 6.45) is 0.690. The molecule has 5 heteroatoms. The average molecular weight is 246 g/mol. The van der Waals surface area contributed by atoms with Crippen molar-refractivity contribution in [2.24, 2.45) is 0 Å². The lowest BCUT2D eigenvalue weighted by molar-refractivity contribution is 0.111. The summed E-state index contributed by atoms with van der Waals surface area (Å²) < 4.78 is 10.6. The summed E-state index contributed by atoms with van der Waals surface area (Å²) >= 11 is 0. The van der Waals surface area contributed by atoms with Crippen LogP contribution in [0.2, 0.25) is 0 Å². The van der Waals surface area contributed by atoms with Gasteiger partial charge in [-0.25, -0.2) is 4.98 Å². The minimum absolute atomic E-state index is 0.307. The third-order valence-electron chi connectivity index (χ3n) is 2.69. The van der Waals surface area contributed by atoms with E-state index in [1.165, 1.54) is 0 Å². The third kappa shape index (κ3) is 2.40. The van der Waals surface area contributed by atoms with Gasteiger partial charge in [-0.05, 0) is 32.9 Å². The molecule has 0 aromatic carbocycles. The van der Waals surface area contributed by atoms with Crippen LogP contribution in [0.3, 0.4) is 0 Å². The minimum atomic E-state index is 0.307. The summed E-state index contributed by atoms with van der Waals surface area (Å²) in [4.78, 5) is 15.0. The third-order valence-corrected chi connectivity index (χ3v) is 2.69. The molecule has 5 nitrogen and oxygen atoms in total. The van der Waals surface area contributed by atoms with E-state index >= 15 is 0 Å². The quantitative estimate of drug-likeness (QED) is 0.775. The fourth-order valence-electron chi connectivity index (χ4n) is 1.63. The molecule has 0 radical (unpaired) electrons. The predicted octanol–water partition coefficient (Wildman–Crippen LogP) is 2.39. The number of hydrogen-bond acceptors (Lipinski definition) is 5. The average Bonchev–Trinajstić information content (AvgIpc) is 2.68. The first-order chi connectivity index (χ1) is 8.61. The summed E-state index contributed by atoms with van der Waals surface area (Å²) in [5.41, 5.74) is 2.77. The summed E-state index contributed by atoms with van der Waals surface area (Å²) in [5, 5.41) is 3.84. The van der Waals surface area contributed by atoms with E-state index in [1.54, 1.807) is 12.1 Å². The number of carbonyl (C=O) groups excluding carboxylic acids is 1. The molecule has 0 unspecified atom stereocenters. The van der Waals surface area contributed by atoms with E-state index in [9.17, 15) is 4.79 Å². The number of pyridine rings is 1. The molecule has 94 valence electrons. The molecular formula is C13H14N2O3. The highest BCUT2D eigenvalue weighted by Crippen LogP contribution is 2.19. The van der Waals surface area contributed by atoms with Crippen molar-refractivity contribution in [2.45, 2.75) is 27.4 Å². The zero-order valence-electron chi connectivity index (χ0n) is 10.6. The lowest BCUT2D eigenvalue weighted by Gasteiger charge is -2.07. The number of ether oxygens (including phenoxy) is 1. The fourth-order valence-corrected chi connectivity index (χ4v) is 1.63. The number of hydrogen-bond donors (Lipinski definition) is 0. The molecule has 18 heavy (non-hydrogen) atoms. The molecule has 0 atom stereocenters. The SMILES string of the molecule is Cc1ccc(OCc2c(C)noc2C)c(C=O)n1. The molecule has 0 amide bonds. The molecule has 0 aliphatic rings. The summed E-state index contributed by atoms with van der Waals surface area (Å²) in [6, 6.07) is 3.54. The lowest BCUT2D eigenvalue weighted by Crippen LogP contribution is -2.02. The molecule has 0 fully saturated rings. The van der Waals surface area contributed by atoms with Crippen molar-refractivity contribution in [3.63, 3.8) is 0 Å². The highest BCUT2D eigenvalue weighted by Gasteiger charge is 2.11. The molecule has 0 saturated carbocycles. The van der Waals surface area contributed by atoms with Gasteiger partial charge in [-0.2, -0.15) is 0 Å². The van der Waals surface area contributed by atoms with E-state index in [4.69, 9.17) is 9.26 Å². The van der Waals surface area contributed by atoms with Gasteiger partial charge in [-0.15, -0.1) is 0 Å². The number of aldehydes is 1. The lowest BCUT2D eigenvalue weighted by atomic mass is 10.2. The van der Waals surface area contributed by atoms with Gasteiger partial charge in [0.25, 0.3) is 0 Å². The number of aromatic nitrogens is 2. The Kier molecular flexibility index (Phi) is 3.41. The highest BCUT2D eigenvalue weighted by atomic mass is 16.5. The van der Waals surface area contributed by atoms with Gasteiger partial charge in [0.1, 0.15) is 23.8 Å². The normalized spacial score (nSPS) is 10.4. The number of rotatable bonds is 4. The van der Waals surface area contributed by atoms with Crippen LogP contribution in [-0.4, -0.2) is 16.4 Å². The van der Waals surface area contributed by atoms with E-state index in [2.05, 4.69) is 10.1 Å². The second-order valence-electron chi connectivity index (χ2n) is 4.05. The molecule has 0 aliphatic carbocycles. The van der Waals surface area contributed by atoms with Crippen LogP contribution >= 0.6 is 0 Å². The summed E-state index contributed by atoms with van der Waals surface area (Å²) in [7, 11) is 0. The molecule has 2 aromatic heterocycles. The van der Waals surface area contributed by atoms with Crippen molar-refractivity contribution in [1.82, 2.24) is 10.1 Å². The first-order valence-electron chi connectivity index (χ1n) is 5.59. The van der Waals surface area contributed by atoms with Crippen molar-refractivity contribution in [2.75, 3.05) is 0 Å². The van der Waals surface area contributed by atoms with Gasteiger partial charge >= 0.3 is 0 Å². The molecule has 2 rings (SSSR count). The Labute approximate surface area is 105 Å². The van der Waals surface area contributed by atoms with Crippen LogP contribution in [0.25, 0.3) is 0 Å². The Hall–Kier alpha value is -2.17. The van der Waals surface area contributed by atoms with E-state index in [0.29, 0.717) is 24.3 Å². The smallest absolute Gasteiger partial charge is 0.172 e. The van der Waals surface area contributed by atoms with Gasteiger partial charge in [-0.3, -0.25) is 4.79 Å². The van der Waals surface area contributed by atoms with Crippen molar-refractivity contribution in [1.29, 1.82) is 0 Å². The molecule has 2 heterocycles. The van der Waals surface area contributed by atoms with Crippen LogP contribution in [0.15, 0.2) is 16.7 Å². The predicted molar refractivity (Wildman–Crippen MR) is 64.7 cm³/mol. The van der Waals surface area contributed by atoms with Crippen LogP contribution in [-0.2, 0) is 6.61 Å². The summed E-state index contributed by atoms with van der Waals surface area (Å²) in [5.74, 6) is 1.19. The van der Waals surface area contributed by atoms with Crippen LogP contribution in [0.5, 0.6) is 5.75 Å². The van der Waals surface area contributed by atoms with Gasteiger partial charge in [0.2, 0.25) is 0 Å². The molecule has 0 N–H and O–H groups in total. The van der Waals surface area contributed by atoms with Crippen molar-refractivity contribution in [3.05, 3.63) is 40.5 Å². The van der Waals surface area contributed by atoms with E-state index < -0.39 is 0 Å². The van der Waals surface area contributed by atoms with Gasteiger partial charge < -0.3 is 9.26 Å². The number of carbonyl (C=O) groups is 1. The molecular weight excluding hydrogens is 232 g/mol.